The predicted octanol–water partition coefficient (Wildman–Crippen LogP) is 2.38. The molecule has 2 heterocycles. The summed E-state index contributed by atoms with van der Waals surface area (Å²) >= 11 is 0. The third kappa shape index (κ3) is 2.69. The van der Waals surface area contributed by atoms with E-state index in [9.17, 15) is 4.79 Å². The van der Waals surface area contributed by atoms with Crippen molar-refractivity contribution in [1.29, 1.82) is 0 Å². The van der Waals surface area contributed by atoms with Gasteiger partial charge in [0.25, 0.3) is 0 Å². The van der Waals surface area contributed by atoms with Crippen molar-refractivity contribution in [2.24, 2.45) is 11.3 Å². The summed E-state index contributed by atoms with van der Waals surface area (Å²) in [6.07, 6.45) is 1.37. The van der Waals surface area contributed by atoms with Crippen LogP contribution in [0.4, 0.5) is 10.6 Å². The average molecular weight is 278 g/mol. The van der Waals surface area contributed by atoms with Gasteiger partial charge in [0.15, 0.2) is 0 Å². The minimum absolute atomic E-state index is 0.122. The minimum Gasteiger partial charge on any atom is -0.481 e. The fourth-order valence-electron chi connectivity index (χ4n) is 3.10. The molecule has 110 valence electrons. The fraction of sp³-hybridized carbons (Fsp3) is 0.643. The van der Waals surface area contributed by atoms with Crippen LogP contribution in [-0.2, 0) is 0 Å². The molecule has 1 unspecified atom stereocenters. The van der Waals surface area contributed by atoms with E-state index in [0.29, 0.717) is 17.6 Å². The van der Waals surface area contributed by atoms with Gasteiger partial charge >= 0.3 is 6.03 Å². The number of nitrogens with one attached hydrogen (secondary N) is 1. The molecule has 20 heavy (non-hydrogen) atoms. The highest BCUT2D eigenvalue weighted by Crippen LogP contribution is 2.41. The number of hydrogen-bond donors (Lipinski definition) is 1. The zero-order chi connectivity index (χ0) is 14.9. The summed E-state index contributed by atoms with van der Waals surface area (Å²) in [6, 6.07) is 1.72. The molecule has 1 aromatic heterocycles. The van der Waals surface area contributed by atoms with Gasteiger partial charge in [-0.05, 0) is 5.92 Å². The minimum atomic E-state index is -0.122. The summed E-state index contributed by atoms with van der Waals surface area (Å²) in [4.78, 5) is 22.1. The van der Waals surface area contributed by atoms with Crippen LogP contribution < -0.4 is 10.1 Å². The maximum Gasteiger partial charge on any atom is 0.323 e. The Morgan fingerprint density at radius 3 is 2.75 bits per heavy atom. The molecule has 0 aromatic carbocycles. The maximum absolute atomic E-state index is 12.3. The SMILES string of the molecule is COc1cc(NC(=O)N2CC(C)(C)C2C(C)C)ncn1. The van der Waals surface area contributed by atoms with E-state index in [1.54, 1.807) is 6.07 Å². The van der Waals surface area contributed by atoms with Gasteiger partial charge in [0, 0.05) is 24.1 Å². The third-order valence-electron chi connectivity index (χ3n) is 3.69. The Labute approximate surface area is 119 Å². The lowest BCUT2D eigenvalue weighted by Gasteiger charge is -2.56. The molecule has 1 fully saturated rings. The van der Waals surface area contributed by atoms with Crippen molar-refractivity contribution >= 4 is 11.8 Å². The van der Waals surface area contributed by atoms with Crippen molar-refractivity contribution in [3.63, 3.8) is 0 Å². The highest BCUT2D eigenvalue weighted by molar-refractivity contribution is 5.89. The summed E-state index contributed by atoms with van der Waals surface area (Å²) in [5, 5.41) is 2.80. The molecule has 0 radical (unpaired) electrons. The van der Waals surface area contributed by atoms with Crippen LogP contribution in [0, 0.1) is 11.3 Å². The number of carbonyl (C=O) groups excluding carboxylic acids is 1. The summed E-state index contributed by atoms with van der Waals surface area (Å²) in [6.45, 7) is 9.41. The molecular formula is C14H22N4O2. The number of anilines is 1. The molecule has 6 heteroatoms. The van der Waals surface area contributed by atoms with Gasteiger partial charge in [-0.25, -0.2) is 14.8 Å². The summed E-state index contributed by atoms with van der Waals surface area (Å²) in [5.41, 5.74) is 0.162. The van der Waals surface area contributed by atoms with Crippen molar-refractivity contribution < 1.29 is 9.53 Å². The van der Waals surface area contributed by atoms with Crippen LogP contribution in [0.1, 0.15) is 27.7 Å². The number of amides is 2. The fourth-order valence-corrected chi connectivity index (χ4v) is 3.10. The molecule has 1 N–H and O–H groups in total. The molecule has 0 saturated carbocycles. The highest BCUT2D eigenvalue weighted by Gasteiger charge is 2.49. The van der Waals surface area contributed by atoms with E-state index in [1.165, 1.54) is 13.4 Å². The van der Waals surface area contributed by atoms with E-state index in [4.69, 9.17) is 4.74 Å². The van der Waals surface area contributed by atoms with Gasteiger partial charge < -0.3 is 9.64 Å². The summed E-state index contributed by atoms with van der Waals surface area (Å²) < 4.78 is 5.01. The summed E-state index contributed by atoms with van der Waals surface area (Å²) in [5.74, 6) is 1.30. The van der Waals surface area contributed by atoms with Crippen molar-refractivity contribution in [2.75, 3.05) is 19.0 Å². The van der Waals surface area contributed by atoms with Crippen LogP contribution in [0.25, 0.3) is 0 Å². The van der Waals surface area contributed by atoms with E-state index < -0.39 is 0 Å². The second kappa shape index (κ2) is 5.26. The molecule has 1 atom stereocenters. The van der Waals surface area contributed by atoms with E-state index >= 15 is 0 Å². The Bertz CT molecular complexity index is 502. The number of rotatable bonds is 3. The molecule has 6 nitrogen and oxygen atoms in total. The third-order valence-corrected chi connectivity index (χ3v) is 3.69. The molecule has 2 amide bonds. The van der Waals surface area contributed by atoms with Crippen LogP contribution in [-0.4, -0.2) is 40.6 Å². The Morgan fingerprint density at radius 1 is 1.50 bits per heavy atom. The average Bonchev–Trinajstić information content (AvgIpc) is 2.35. The zero-order valence-electron chi connectivity index (χ0n) is 12.7. The van der Waals surface area contributed by atoms with Gasteiger partial charge in [-0.1, -0.05) is 27.7 Å². The Balaban J connectivity index is 2.05. The van der Waals surface area contributed by atoms with Crippen molar-refractivity contribution in [1.82, 2.24) is 14.9 Å². The topological polar surface area (TPSA) is 67.3 Å². The van der Waals surface area contributed by atoms with Crippen LogP contribution in [0.3, 0.4) is 0 Å². The standard InChI is InChI=1S/C14H22N4O2/c1-9(2)12-14(3,4)7-18(12)13(19)17-10-6-11(20-5)16-8-15-10/h6,8-9,12H,7H2,1-5H3,(H,15,16,17,19). The molecule has 1 saturated heterocycles. The van der Waals surface area contributed by atoms with Crippen LogP contribution in [0.2, 0.25) is 0 Å². The van der Waals surface area contributed by atoms with Gasteiger partial charge in [0.1, 0.15) is 12.1 Å². The molecular weight excluding hydrogens is 256 g/mol. The second-order valence-corrected chi connectivity index (χ2v) is 6.18. The van der Waals surface area contributed by atoms with E-state index in [-0.39, 0.29) is 17.5 Å². The van der Waals surface area contributed by atoms with Gasteiger partial charge in [0.05, 0.1) is 7.11 Å². The molecule has 0 bridgehead atoms. The van der Waals surface area contributed by atoms with Crippen LogP contribution in [0.15, 0.2) is 12.4 Å². The molecule has 0 spiro atoms. The largest absolute Gasteiger partial charge is 0.481 e. The first-order chi connectivity index (χ1) is 9.35. The lowest BCUT2D eigenvalue weighted by atomic mass is 9.70. The molecule has 0 aliphatic carbocycles. The van der Waals surface area contributed by atoms with Crippen molar-refractivity contribution in [3.05, 3.63) is 12.4 Å². The molecule has 1 aromatic rings. The van der Waals surface area contributed by atoms with Gasteiger partial charge in [-0.15, -0.1) is 0 Å². The molecule has 2 rings (SSSR count). The van der Waals surface area contributed by atoms with Crippen molar-refractivity contribution in [2.45, 2.75) is 33.7 Å². The van der Waals surface area contributed by atoms with Crippen molar-refractivity contribution in [3.8, 4) is 5.88 Å². The first-order valence-corrected chi connectivity index (χ1v) is 6.79. The van der Waals surface area contributed by atoms with Gasteiger partial charge in [-0.2, -0.15) is 0 Å². The van der Waals surface area contributed by atoms with E-state index in [2.05, 4.69) is 43.0 Å². The number of ether oxygens (including phenoxy) is 1. The lowest BCUT2D eigenvalue weighted by Crippen LogP contribution is -2.66. The van der Waals surface area contributed by atoms with Crippen LogP contribution >= 0.6 is 0 Å². The number of nitrogens with zero attached hydrogens (tertiary/aromatic N) is 3. The number of methoxy groups -OCH3 is 1. The predicted molar refractivity (Wildman–Crippen MR) is 76.7 cm³/mol. The number of aromatic nitrogens is 2. The maximum atomic E-state index is 12.3. The smallest absolute Gasteiger partial charge is 0.323 e. The number of urea groups is 1. The number of hydrogen-bond acceptors (Lipinski definition) is 4. The van der Waals surface area contributed by atoms with E-state index in [0.717, 1.165) is 6.54 Å². The molecule has 1 aliphatic rings. The number of carbonyl (C=O) groups is 1. The Kier molecular flexibility index (Phi) is 3.83. The van der Waals surface area contributed by atoms with Crippen LogP contribution in [0.5, 0.6) is 5.88 Å². The molecule has 1 aliphatic heterocycles. The lowest BCUT2D eigenvalue weighted by molar-refractivity contribution is -0.0363. The van der Waals surface area contributed by atoms with E-state index in [1.807, 2.05) is 4.90 Å². The highest BCUT2D eigenvalue weighted by atomic mass is 16.5. The van der Waals surface area contributed by atoms with Gasteiger partial charge in [0.2, 0.25) is 5.88 Å². The quantitative estimate of drug-likeness (QED) is 0.921. The summed E-state index contributed by atoms with van der Waals surface area (Å²) in [7, 11) is 1.53. The first kappa shape index (κ1) is 14.6. The van der Waals surface area contributed by atoms with Gasteiger partial charge in [-0.3, -0.25) is 5.32 Å². The second-order valence-electron chi connectivity index (χ2n) is 6.18. The Morgan fingerprint density at radius 2 is 2.20 bits per heavy atom. The zero-order valence-corrected chi connectivity index (χ0v) is 12.7. The number of likely N-dealkylation sites (tertiary alicyclic amines) is 1. The Hall–Kier alpha value is -1.85. The first-order valence-electron chi connectivity index (χ1n) is 6.79. The monoisotopic (exact) mass is 278 g/mol. The normalized spacial score (nSPS) is 20.5.